The number of esters is 1. The third-order valence-corrected chi connectivity index (χ3v) is 5.40. The molecule has 1 N–H and O–H groups in total. The number of hydrogen-bond acceptors (Lipinski definition) is 8. The van der Waals surface area contributed by atoms with Gasteiger partial charge < -0.3 is 10.1 Å². The van der Waals surface area contributed by atoms with Crippen LogP contribution >= 0.6 is 0 Å². The predicted octanol–water partition coefficient (Wildman–Crippen LogP) is 3.94. The van der Waals surface area contributed by atoms with Gasteiger partial charge in [-0.15, -0.1) is 0 Å². The van der Waals surface area contributed by atoms with E-state index >= 15 is 0 Å². The minimum Gasteiger partial charge on any atom is -0.465 e. The number of anilines is 1. The summed E-state index contributed by atoms with van der Waals surface area (Å²) >= 11 is 0. The summed E-state index contributed by atoms with van der Waals surface area (Å²) in [5.74, 6) is 0.236. The van der Waals surface area contributed by atoms with Crippen molar-refractivity contribution in [1.82, 2.24) is 19.7 Å². The summed E-state index contributed by atoms with van der Waals surface area (Å²) in [5.41, 5.74) is 1.80. The Kier molecular flexibility index (Phi) is 5.02. The lowest BCUT2D eigenvalue weighted by Crippen LogP contribution is -2.12. The van der Waals surface area contributed by atoms with Gasteiger partial charge in [-0.1, -0.05) is 6.07 Å². The van der Waals surface area contributed by atoms with E-state index in [4.69, 9.17) is 9.72 Å². The molecule has 2 aromatic carbocycles. The molecule has 33 heavy (non-hydrogen) atoms. The number of rotatable bonds is 6. The number of hydrogen-bond donors (Lipinski definition) is 1. The second-order valence-corrected chi connectivity index (χ2v) is 7.42. The molecule has 10 heteroatoms. The quantitative estimate of drug-likeness (QED) is 0.181. The van der Waals surface area contributed by atoms with Gasteiger partial charge in [-0.3, -0.25) is 19.8 Å². The summed E-state index contributed by atoms with van der Waals surface area (Å²) < 4.78 is 6.56. The van der Waals surface area contributed by atoms with Gasteiger partial charge in [0.15, 0.2) is 0 Å². The van der Waals surface area contributed by atoms with Crippen LogP contribution in [0, 0.1) is 10.1 Å². The number of nitrogens with zero attached hydrogens (tertiary/aromatic N) is 5. The maximum Gasteiger partial charge on any atom is 0.337 e. The highest BCUT2D eigenvalue weighted by Crippen LogP contribution is 2.29. The lowest BCUT2D eigenvalue weighted by molar-refractivity contribution is -0.384. The van der Waals surface area contributed by atoms with E-state index in [-0.39, 0.29) is 5.69 Å². The van der Waals surface area contributed by atoms with Crippen molar-refractivity contribution in [2.24, 2.45) is 0 Å². The van der Waals surface area contributed by atoms with Crippen molar-refractivity contribution in [3.05, 3.63) is 76.7 Å². The van der Waals surface area contributed by atoms with Gasteiger partial charge in [0, 0.05) is 58.8 Å². The van der Waals surface area contributed by atoms with Gasteiger partial charge in [0.05, 0.1) is 35.2 Å². The number of nitro groups is 1. The molecule has 5 aromatic rings. The number of ether oxygens (including phenoxy) is 1. The van der Waals surface area contributed by atoms with Crippen LogP contribution in [-0.2, 0) is 11.3 Å². The minimum atomic E-state index is -0.425. The Balaban J connectivity index is 1.43. The second-order valence-electron chi connectivity index (χ2n) is 7.42. The molecule has 3 heterocycles. The standard InChI is InChI=1S/C23H18N6O4/c1-33-23(30)14-2-4-17-19-12-24-7-6-18(19)22(26-21(17)11-14)25-8-9-28-13-15-10-16(29(31)32)3-5-20(15)27-28/h2-7,10-13H,8-9H2,1H3,(H,25,26). The highest BCUT2D eigenvalue weighted by molar-refractivity contribution is 6.10. The van der Waals surface area contributed by atoms with Crippen molar-refractivity contribution >= 4 is 50.1 Å². The molecule has 5 rings (SSSR count). The van der Waals surface area contributed by atoms with Crippen LogP contribution in [0.15, 0.2) is 61.1 Å². The van der Waals surface area contributed by atoms with Gasteiger partial charge in [0.2, 0.25) is 0 Å². The minimum absolute atomic E-state index is 0.0342. The van der Waals surface area contributed by atoms with Crippen molar-refractivity contribution in [2.45, 2.75) is 6.54 Å². The van der Waals surface area contributed by atoms with Crippen molar-refractivity contribution < 1.29 is 14.5 Å². The molecular formula is C23H18N6O4. The second kappa shape index (κ2) is 8.15. The maximum atomic E-state index is 11.9. The number of benzene rings is 2. The largest absolute Gasteiger partial charge is 0.465 e. The van der Waals surface area contributed by atoms with Crippen LogP contribution in [0.1, 0.15) is 10.4 Å². The summed E-state index contributed by atoms with van der Waals surface area (Å²) in [6.45, 7) is 1.04. The lowest BCUT2D eigenvalue weighted by atomic mass is 10.1. The zero-order valence-electron chi connectivity index (χ0n) is 17.6. The van der Waals surface area contributed by atoms with Crippen molar-refractivity contribution in [3.8, 4) is 0 Å². The summed E-state index contributed by atoms with van der Waals surface area (Å²) in [6, 6.07) is 11.7. The molecule has 0 aliphatic rings. The Bertz CT molecular complexity index is 1540. The van der Waals surface area contributed by atoms with Crippen molar-refractivity contribution in [2.75, 3.05) is 19.0 Å². The van der Waals surface area contributed by atoms with Crippen LogP contribution in [0.25, 0.3) is 32.6 Å². The van der Waals surface area contributed by atoms with E-state index in [9.17, 15) is 14.9 Å². The summed E-state index contributed by atoms with van der Waals surface area (Å²) in [4.78, 5) is 31.5. The Labute approximate surface area is 187 Å². The first-order valence-electron chi connectivity index (χ1n) is 10.1. The van der Waals surface area contributed by atoms with Crippen LogP contribution in [0.2, 0.25) is 0 Å². The number of methoxy groups -OCH3 is 1. The normalized spacial score (nSPS) is 11.2. The molecule has 10 nitrogen and oxygen atoms in total. The molecule has 0 fully saturated rings. The van der Waals surface area contributed by atoms with E-state index in [1.165, 1.54) is 19.2 Å². The number of aromatic nitrogens is 4. The number of nitrogens with one attached hydrogen (secondary N) is 1. The monoisotopic (exact) mass is 442 g/mol. The third kappa shape index (κ3) is 3.78. The summed E-state index contributed by atoms with van der Waals surface area (Å²) in [6.07, 6.45) is 5.26. The van der Waals surface area contributed by atoms with E-state index in [0.29, 0.717) is 40.9 Å². The lowest BCUT2D eigenvalue weighted by Gasteiger charge is -2.12. The first kappa shape index (κ1) is 20.3. The number of carbonyl (C=O) groups is 1. The van der Waals surface area contributed by atoms with Crippen LogP contribution in [-0.4, -0.2) is 44.3 Å². The number of pyridine rings is 2. The molecule has 164 valence electrons. The molecule has 0 saturated heterocycles. The fourth-order valence-electron chi connectivity index (χ4n) is 3.81. The summed E-state index contributed by atoms with van der Waals surface area (Å²) in [7, 11) is 1.34. The molecule has 0 spiro atoms. The highest BCUT2D eigenvalue weighted by Gasteiger charge is 2.13. The van der Waals surface area contributed by atoms with Gasteiger partial charge in [-0.2, -0.15) is 5.10 Å². The Morgan fingerprint density at radius 3 is 2.82 bits per heavy atom. The Morgan fingerprint density at radius 1 is 1.12 bits per heavy atom. The first-order valence-corrected chi connectivity index (χ1v) is 10.1. The van der Waals surface area contributed by atoms with E-state index in [1.807, 2.05) is 12.1 Å². The molecule has 0 aliphatic carbocycles. The van der Waals surface area contributed by atoms with Gasteiger partial charge in [-0.05, 0) is 24.3 Å². The molecular weight excluding hydrogens is 424 g/mol. The average Bonchev–Trinajstić information content (AvgIpc) is 3.25. The fraction of sp³-hybridized carbons (Fsp3) is 0.130. The Hall–Kier alpha value is -4.60. The zero-order valence-corrected chi connectivity index (χ0v) is 17.6. The first-order chi connectivity index (χ1) is 16.0. The topological polar surface area (TPSA) is 125 Å². The van der Waals surface area contributed by atoms with E-state index in [1.54, 1.807) is 41.5 Å². The van der Waals surface area contributed by atoms with Crippen molar-refractivity contribution in [3.63, 3.8) is 0 Å². The molecule has 0 bridgehead atoms. The SMILES string of the molecule is COC(=O)c1ccc2c(c1)nc(NCCn1cc3cc([N+](=O)[O-])ccc3n1)c1ccncc12. The number of nitro benzene ring substituents is 1. The van der Waals surface area contributed by atoms with Gasteiger partial charge in [-0.25, -0.2) is 9.78 Å². The third-order valence-electron chi connectivity index (χ3n) is 5.40. The summed E-state index contributed by atoms with van der Waals surface area (Å²) in [5, 5.41) is 22.2. The maximum absolute atomic E-state index is 11.9. The van der Waals surface area contributed by atoms with Gasteiger partial charge >= 0.3 is 5.97 Å². The predicted molar refractivity (Wildman–Crippen MR) is 123 cm³/mol. The number of non-ortho nitro benzene ring substituents is 1. The fourth-order valence-corrected chi connectivity index (χ4v) is 3.81. The number of carbonyl (C=O) groups excluding carboxylic acids is 1. The van der Waals surface area contributed by atoms with Gasteiger partial charge in [0.1, 0.15) is 5.82 Å². The highest BCUT2D eigenvalue weighted by atomic mass is 16.6. The smallest absolute Gasteiger partial charge is 0.337 e. The van der Waals surface area contributed by atoms with Crippen LogP contribution < -0.4 is 5.32 Å². The zero-order chi connectivity index (χ0) is 22.9. The van der Waals surface area contributed by atoms with Gasteiger partial charge in [0.25, 0.3) is 5.69 Å². The van der Waals surface area contributed by atoms with Crippen LogP contribution in [0.4, 0.5) is 11.5 Å². The molecule has 0 atom stereocenters. The number of fused-ring (bicyclic) bond motifs is 4. The molecule has 0 aliphatic heterocycles. The Morgan fingerprint density at radius 2 is 2.00 bits per heavy atom. The van der Waals surface area contributed by atoms with Crippen molar-refractivity contribution in [1.29, 1.82) is 0 Å². The van der Waals surface area contributed by atoms with E-state index in [2.05, 4.69) is 15.4 Å². The van der Waals surface area contributed by atoms with Crippen LogP contribution in [0.5, 0.6) is 0 Å². The molecule has 0 amide bonds. The van der Waals surface area contributed by atoms with E-state index in [0.717, 1.165) is 16.2 Å². The average molecular weight is 442 g/mol. The molecule has 3 aromatic heterocycles. The molecule has 0 unspecified atom stereocenters. The molecule has 0 saturated carbocycles. The molecule has 0 radical (unpaired) electrons. The van der Waals surface area contributed by atoms with Crippen LogP contribution in [0.3, 0.4) is 0 Å². The van der Waals surface area contributed by atoms with E-state index < -0.39 is 10.9 Å².